The van der Waals surface area contributed by atoms with Gasteiger partial charge in [0.1, 0.15) is 0 Å². The van der Waals surface area contributed by atoms with E-state index >= 15 is 0 Å². The summed E-state index contributed by atoms with van der Waals surface area (Å²) >= 11 is 3.45. The summed E-state index contributed by atoms with van der Waals surface area (Å²) in [5, 5.41) is 0. The lowest BCUT2D eigenvalue weighted by Crippen LogP contribution is -2.42. The Labute approximate surface area is 130 Å². The van der Waals surface area contributed by atoms with Crippen molar-refractivity contribution in [3.05, 3.63) is 27.7 Å². The predicted octanol–water partition coefficient (Wildman–Crippen LogP) is 3.73. The van der Waals surface area contributed by atoms with Crippen LogP contribution >= 0.6 is 15.9 Å². The summed E-state index contributed by atoms with van der Waals surface area (Å²) in [6.07, 6.45) is 1.10. The maximum absolute atomic E-state index is 12.9. The zero-order valence-electron chi connectivity index (χ0n) is 12.5. The Balaban J connectivity index is 2.42. The molecule has 0 radical (unpaired) electrons. The average molecular weight is 360 g/mol. The maximum Gasteiger partial charge on any atom is 0.243 e. The molecule has 1 heterocycles. The van der Waals surface area contributed by atoms with Crippen LogP contribution in [0.1, 0.15) is 31.4 Å². The molecule has 2 rings (SSSR count). The molecular weight excluding hydrogens is 338 g/mol. The third kappa shape index (κ3) is 3.10. The molecule has 1 aliphatic heterocycles. The summed E-state index contributed by atoms with van der Waals surface area (Å²) in [6, 6.07) is 3.66. The van der Waals surface area contributed by atoms with Crippen LogP contribution in [-0.4, -0.2) is 25.8 Å². The molecule has 0 bridgehead atoms. The molecule has 1 aliphatic rings. The molecule has 0 aromatic heterocycles. The van der Waals surface area contributed by atoms with Crippen molar-refractivity contribution >= 4 is 26.0 Å². The van der Waals surface area contributed by atoms with Gasteiger partial charge in [-0.15, -0.1) is 0 Å². The Morgan fingerprint density at radius 1 is 1.10 bits per heavy atom. The minimum atomic E-state index is -3.39. The average Bonchev–Trinajstić information content (AvgIpc) is 2.32. The van der Waals surface area contributed by atoms with Gasteiger partial charge in [0, 0.05) is 17.6 Å². The van der Waals surface area contributed by atoms with E-state index in [1.54, 1.807) is 10.4 Å². The van der Waals surface area contributed by atoms with Crippen LogP contribution in [0.3, 0.4) is 0 Å². The Hall–Kier alpha value is -0.390. The molecule has 0 spiro atoms. The second-order valence-electron chi connectivity index (χ2n) is 6.13. The normalized spacial score (nSPS) is 24.9. The standard InChI is InChI=1S/C15H22BrNO2S/c1-10-5-11(2)9-17(8-10)20(18,19)15-7-12(3)14(16)6-13(15)4/h6-7,10-11H,5,8-9H2,1-4H3/t10-,11+. The van der Waals surface area contributed by atoms with E-state index in [0.29, 0.717) is 29.8 Å². The Kier molecular flexibility index (Phi) is 4.62. The lowest BCUT2D eigenvalue weighted by molar-refractivity contribution is 0.222. The molecule has 5 heteroatoms. The van der Waals surface area contributed by atoms with Gasteiger partial charge in [-0.3, -0.25) is 0 Å². The number of benzene rings is 1. The molecule has 2 atom stereocenters. The van der Waals surface area contributed by atoms with Crippen molar-refractivity contribution in [1.29, 1.82) is 0 Å². The lowest BCUT2D eigenvalue weighted by atomic mass is 9.94. The molecule has 1 saturated heterocycles. The minimum Gasteiger partial charge on any atom is -0.207 e. The Bertz CT molecular complexity index is 603. The van der Waals surface area contributed by atoms with Crippen LogP contribution < -0.4 is 0 Å². The highest BCUT2D eigenvalue weighted by molar-refractivity contribution is 9.10. The number of piperidine rings is 1. The fourth-order valence-corrected chi connectivity index (χ4v) is 5.40. The fraction of sp³-hybridized carbons (Fsp3) is 0.600. The van der Waals surface area contributed by atoms with Gasteiger partial charge in [0.2, 0.25) is 10.0 Å². The van der Waals surface area contributed by atoms with Gasteiger partial charge in [0.15, 0.2) is 0 Å². The van der Waals surface area contributed by atoms with Gasteiger partial charge >= 0.3 is 0 Å². The molecule has 0 N–H and O–H groups in total. The molecule has 1 aromatic carbocycles. The van der Waals surface area contributed by atoms with E-state index in [9.17, 15) is 8.42 Å². The topological polar surface area (TPSA) is 37.4 Å². The number of halogens is 1. The lowest BCUT2D eigenvalue weighted by Gasteiger charge is -2.34. The van der Waals surface area contributed by atoms with E-state index in [2.05, 4.69) is 29.8 Å². The summed E-state index contributed by atoms with van der Waals surface area (Å²) in [5.74, 6) is 0.843. The monoisotopic (exact) mass is 359 g/mol. The van der Waals surface area contributed by atoms with E-state index in [1.165, 1.54) is 0 Å². The fourth-order valence-electron chi connectivity index (χ4n) is 2.97. The van der Waals surface area contributed by atoms with Crippen molar-refractivity contribution in [2.45, 2.75) is 39.0 Å². The number of aryl methyl sites for hydroxylation is 2. The summed E-state index contributed by atoms with van der Waals surface area (Å²) in [6.45, 7) is 9.27. The van der Waals surface area contributed by atoms with Gasteiger partial charge in [-0.1, -0.05) is 29.8 Å². The Morgan fingerprint density at radius 2 is 1.65 bits per heavy atom. The molecule has 0 amide bonds. The van der Waals surface area contributed by atoms with Crippen LogP contribution in [0.4, 0.5) is 0 Å². The summed E-state index contributed by atoms with van der Waals surface area (Å²) in [5.41, 5.74) is 1.75. The number of nitrogens with zero attached hydrogens (tertiary/aromatic N) is 1. The maximum atomic E-state index is 12.9. The molecule has 3 nitrogen and oxygen atoms in total. The van der Waals surface area contributed by atoms with Crippen molar-refractivity contribution in [2.75, 3.05) is 13.1 Å². The predicted molar refractivity (Wildman–Crippen MR) is 85.3 cm³/mol. The first-order chi connectivity index (χ1) is 9.21. The first-order valence-corrected chi connectivity index (χ1v) is 9.22. The van der Waals surface area contributed by atoms with Crippen molar-refractivity contribution in [1.82, 2.24) is 4.31 Å². The SMILES string of the molecule is Cc1cc(S(=O)(=O)N2C[C@H](C)C[C@H](C)C2)c(C)cc1Br. The van der Waals surface area contributed by atoms with Gasteiger partial charge in [0.05, 0.1) is 4.90 Å². The summed E-state index contributed by atoms with van der Waals surface area (Å²) in [4.78, 5) is 0.444. The minimum absolute atomic E-state index is 0.422. The van der Waals surface area contributed by atoms with Crippen molar-refractivity contribution < 1.29 is 8.42 Å². The quantitative estimate of drug-likeness (QED) is 0.806. The second-order valence-corrected chi connectivity index (χ2v) is 8.90. The molecule has 20 heavy (non-hydrogen) atoms. The van der Waals surface area contributed by atoms with Crippen LogP contribution in [0, 0.1) is 25.7 Å². The summed E-state index contributed by atoms with van der Waals surface area (Å²) < 4.78 is 28.4. The van der Waals surface area contributed by atoms with Gasteiger partial charge in [-0.05, 0) is 55.4 Å². The van der Waals surface area contributed by atoms with E-state index in [4.69, 9.17) is 0 Å². The van der Waals surface area contributed by atoms with Crippen LogP contribution in [0.2, 0.25) is 0 Å². The zero-order chi connectivity index (χ0) is 15.1. The number of hydrogen-bond donors (Lipinski definition) is 0. The first-order valence-electron chi connectivity index (χ1n) is 6.98. The molecule has 0 saturated carbocycles. The van der Waals surface area contributed by atoms with E-state index in [-0.39, 0.29) is 0 Å². The second kappa shape index (κ2) is 5.78. The first kappa shape index (κ1) is 16.0. The van der Waals surface area contributed by atoms with E-state index in [1.807, 2.05) is 19.9 Å². The van der Waals surface area contributed by atoms with Gasteiger partial charge in [-0.2, -0.15) is 4.31 Å². The van der Waals surface area contributed by atoms with Crippen molar-refractivity contribution in [2.24, 2.45) is 11.8 Å². The van der Waals surface area contributed by atoms with Gasteiger partial charge in [0.25, 0.3) is 0 Å². The highest BCUT2D eigenvalue weighted by Gasteiger charge is 2.32. The van der Waals surface area contributed by atoms with E-state index < -0.39 is 10.0 Å². The van der Waals surface area contributed by atoms with Gasteiger partial charge < -0.3 is 0 Å². The summed E-state index contributed by atoms with van der Waals surface area (Å²) in [7, 11) is -3.39. The molecule has 1 fully saturated rings. The van der Waals surface area contributed by atoms with Crippen LogP contribution in [-0.2, 0) is 10.0 Å². The number of sulfonamides is 1. The Morgan fingerprint density at radius 3 is 2.20 bits per heavy atom. The van der Waals surface area contributed by atoms with Crippen LogP contribution in [0.15, 0.2) is 21.5 Å². The number of rotatable bonds is 2. The zero-order valence-corrected chi connectivity index (χ0v) is 14.9. The van der Waals surface area contributed by atoms with Crippen LogP contribution in [0.25, 0.3) is 0 Å². The largest absolute Gasteiger partial charge is 0.243 e. The molecule has 0 aliphatic carbocycles. The number of hydrogen-bond acceptors (Lipinski definition) is 2. The highest BCUT2D eigenvalue weighted by atomic mass is 79.9. The third-order valence-electron chi connectivity index (χ3n) is 3.91. The molecule has 0 unspecified atom stereocenters. The highest BCUT2D eigenvalue weighted by Crippen LogP contribution is 2.30. The van der Waals surface area contributed by atoms with Crippen molar-refractivity contribution in [3.8, 4) is 0 Å². The van der Waals surface area contributed by atoms with Crippen LogP contribution in [0.5, 0.6) is 0 Å². The molecule has 112 valence electrons. The van der Waals surface area contributed by atoms with E-state index in [0.717, 1.165) is 22.0 Å². The molecule has 1 aromatic rings. The molecular formula is C15H22BrNO2S. The van der Waals surface area contributed by atoms with Gasteiger partial charge in [-0.25, -0.2) is 8.42 Å². The van der Waals surface area contributed by atoms with Crippen molar-refractivity contribution in [3.63, 3.8) is 0 Å². The third-order valence-corrected chi connectivity index (χ3v) is 6.74. The smallest absolute Gasteiger partial charge is 0.207 e.